The number of H-pyrrole nitrogens is 2. The van der Waals surface area contributed by atoms with Crippen LogP contribution in [0.15, 0.2) is 30.5 Å². The van der Waals surface area contributed by atoms with Gasteiger partial charge in [-0.2, -0.15) is 0 Å². The SMILES string of the molecule is Cc1ccc(NCC(O)c2c[nH]c(=S)[nH]2)cc1. The van der Waals surface area contributed by atoms with Gasteiger partial charge in [-0.15, -0.1) is 0 Å². The fraction of sp³-hybridized carbons (Fsp3) is 0.250. The minimum Gasteiger partial charge on any atom is -0.385 e. The number of anilines is 1. The van der Waals surface area contributed by atoms with E-state index in [1.165, 1.54) is 5.56 Å². The maximum Gasteiger partial charge on any atom is 0.174 e. The van der Waals surface area contributed by atoms with Crippen molar-refractivity contribution in [2.24, 2.45) is 0 Å². The molecule has 1 aromatic heterocycles. The number of aliphatic hydroxyl groups excluding tert-OH is 1. The lowest BCUT2D eigenvalue weighted by Gasteiger charge is -2.11. The van der Waals surface area contributed by atoms with Crippen LogP contribution in [0, 0.1) is 11.7 Å². The molecule has 5 heteroatoms. The Hall–Kier alpha value is -1.59. The number of hydrogen-bond donors (Lipinski definition) is 4. The lowest BCUT2D eigenvalue weighted by atomic mass is 10.2. The van der Waals surface area contributed by atoms with Crippen LogP contribution in [0.2, 0.25) is 0 Å². The fourth-order valence-electron chi connectivity index (χ4n) is 1.52. The maximum atomic E-state index is 9.89. The van der Waals surface area contributed by atoms with Gasteiger partial charge in [0.1, 0.15) is 6.10 Å². The molecule has 0 aliphatic carbocycles. The Morgan fingerprint density at radius 1 is 1.35 bits per heavy atom. The number of aromatic nitrogens is 2. The van der Waals surface area contributed by atoms with Crippen molar-refractivity contribution in [2.75, 3.05) is 11.9 Å². The summed E-state index contributed by atoms with van der Waals surface area (Å²) in [5, 5.41) is 13.1. The number of aromatic amines is 2. The molecule has 1 unspecified atom stereocenters. The summed E-state index contributed by atoms with van der Waals surface area (Å²) in [6.07, 6.45) is 1.08. The highest BCUT2D eigenvalue weighted by Gasteiger charge is 2.08. The first kappa shape index (κ1) is 11.9. The predicted molar refractivity (Wildman–Crippen MR) is 70.6 cm³/mol. The summed E-state index contributed by atoms with van der Waals surface area (Å²) in [6.45, 7) is 2.48. The molecule has 90 valence electrons. The lowest BCUT2D eigenvalue weighted by molar-refractivity contribution is 0.187. The Balaban J connectivity index is 1.94. The van der Waals surface area contributed by atoms with E-state index in [0.29, 0.717) is 17.0 Å². The first-order valence-corrected chi connectivity index (χ1v) is 5.82. The first-order chi connectivity index (χ1) is 8.15. The predicted octanol–water partition coefficient (Wildman–Crippen LogP) is 2.53. The van der Waals surface area contributed by atoms with Gasteiger partial charge in [-0.1, -0.05) is 17.7 Å². The highest BCUT2D eigenvalue weighted by Crippen LogP contribution is 2.13. The van der Waals surface area contributed by atoms with Gasteiger partial charge in [0, 0.05) is 18.4 Å². The summed E-state index contributed by atoms with van der Waals surface area (Å²) in [6, 6.07) is 8.03. The fourth-order valence-corrected chi connectivity index (χ4v) is 1.70. The summed E-state index contributed by atoms with van der Waals surface area (Å²) in [4.78, 5) is 5.72. The molecule has 17 heavy (non-hydrogen) atoms. The van der Waals surface area contributed by atoms with Gasteiger partial charge in [0.2, 0.25) is 0 Å². The van der Waals surface area contributed by atoms with Gasteiger partial charge in [-0.25, -0.2) is 0 Å². The van der Waals surface area contributed by atoms with Gasteiger partial charge >= 0.3 is 0 Å². The number of hydrogen-bond acceptors (Lipinski definition) is 3. The largest absolute Gasteiger partial charge is 0.385 e. The molecule has 0 fully saturated rings. The van der Waals surface area contributed by atoms with E-state index in [2.05, 4.69) is 15.3 Å². The summed E-state index contributed by atoms with van der Waals surface area (Å²) < 4.78 is 0.523. The van der Waals surface area contributed by atoms with Crippen molar-refractivity contribution in [1.29, 1.82) is 0 Å². The third-order valence-electron chi connectivity index (χ3n) is 2.53. The van der Waals surface area contributed by atoms with Gasteiger partial charge in [0.15, 0.2) is 4.77 Å². The van der Waals surface area contributed by atoms with Crippen LogP contribution < -0.4 is 5.32 Å². The topological polar surface area (TPSA) is 63.8 Å². The van der Waals surface area contributed by atoms with Crippen molar-refractivity contribution in [3.63, 3.8) is 0 Å². The first-order valence-electron chi connectivity index (χ1n) is 5.41. The van der Waals surface area contributed by atoms with Gasteiger partial charge in [-0.3, -0.25) is 0 Å². The Morgan fingerprint density at radius 3 is 2.65 bits per heavy atom. The van der Waals surface area contributed by atoms with Crippen LogP contribution in [0.5, 0.6) is 0 Å². The molecule has 0 saturated carbocycles. The standard InChI is InChI=1S/C12H15N3OS/c1-8-2-4-9(5-3-8)13-7-11(16)10-6-14-12(17)15-10/h2-6,11,13,16H,7H2,1H3,(H2,14,15,17). The number of benzene rings is 1. The van der Waals surface area contributed by atoms with Crippen LogP contribution in [-0.4, -0.2) is 21.6 Å². The molecule has 1 heterocycles. The number of imidazole rings is 1. The normalized spacial score (nSPS) is 12.4. The highest BCUT2D eigenvalue weighted by molar-refractivity contribution is 7.71. The molecule has 0 bridgehead atoms. The van der Waals surface area contributed by atoms with E-state index in [1.807, 2.05) is 31.2 Å². The van der Waals surface area contributed by atoms with Crippen LogP contribution in [0.3, 0.4) is 0 Å². The van der Waals surface area contributed by atoms with E-state index < -0.39 is 6.10 Å². The molecule has 4 nitrogen and oxygen atoms in total. The van der Waals surface area contributed by atoms with Crippen LogP contribution >= 0.6 is 12.2 Å². The zero-order valence-corrected chi connectivity index (χ0v) is 10.3. The molecule has 0 saturated heterocycles. The van der Waals surface area contributed by atoms with Crippen molar-refractivity contribution >= 4 is 17.9 Å². The van der Waals surface area contributed by atoms with Crippen molar-refractivity contribution in [3.8, 4) is 0 Å². The average molecular weight is 249 g/mol. The summed E-state index contributed by atoms with van der Waals surface area (Å²) >= 11 is 4.90. The van der Waals surface area contributed by atoms with Crippen LogP contribution in [0.4, 0.5) is 5.69 Å². The Morgan fingerprint density at radius 2 is 2.06 bits per heavy atom. The molecule has 1 aromatic carbocycles. The molecule has 0 aliphatic heterocycles. The molecule has 1 atom stereocenters. The molecule has 0 spiro atoms. The van der Waals surface area contributed by atoms with Gasteiger partial charge in [0.25, 0.3) is 0 Å². The van der Waals surface area contributed by atoms with Crippen LogP contribution in [0.1, 0.15) is 17.4 Å². The summed E-state index contributed by atoms with van der Waals surface area (Å²) in [7, 11) is 0. The molecule has 0 amide bonds. The van der Waals surface area contributed by atoms with E-state index in [1.54, 1.807) is 6.20 Å². The van der Waals surface area contributed by atoms with Crippen molar-refractivity contribution in [2.45, 2.75) is 13.0 Å². The number of rotatable bonds is 4. The molecule has 0 radical (unpaired) electrons. The van der Waals surface area contributed by atoms with E-state index in [4.69, 9.17) is 12.2 Å². The Labute approximate surface area is 105 Å². The van der Waals surface area contributed by atoms with Crippen LogP contribution in [0.25, 0.3) is 0 Å². The average Bonchev–Trinajstić information content (AvgIpc) is 2.75. The van der Waals surface area contributed by atoms with Crippen LogP contribution in [-0.2, 0) is 0 Å². The third kappa shape index (κ3) is 3.18. The quantitative estimate of drug-likeness (QED) is 0.630. The second-order valence-corrected chi connectivity index (χ2v) is 4.37. The molecular weight excluding hydrogens is 234 g/mol. The van der Waals surface area contributed by atoms with E-state index >= 15 is 0 Å². The van der Waals surface area contributed by atoms with E-state index in [9.17, 15) is 5.11 Å². The number of aliphatic hydroxyl groups is 1. The molecule has 2 aromatic rings. The van der Waals surface area contributed by atoms with Crippen molar-refractivity contribution in [1.82, 2.24) is 9.97 Å². The summed E-state index contributed by atoms with van der Waals surface area (Å²) in [5.41, 5.74) is 2.89. The minimum atomic E-state index is -0.607. The van der Waals surface area contributed by atoms with Gasteiger partial charge < -0.3 is 20.4 Å². The minimum absolute atomic E-state index is 0.437. The Kier molecular flexibility index (Phi) is 3.61. The van der Waals surface area contributed by atoms with Gasteiger partial charge in [-0.05, 0) is 31.3 Å². The maximum absolute atomic E-state index is 9.89. The van der Waals surface area contributed by atoms with E-state index in [-0.39, 0.29) is 0 Å². The zero-order chi connectivity index (χ0) is 12.3. The lowest BCUT2D eigenvalue weighted by Crippen LogP contribution is -2.12. The zero-order valence-electron chi connectivity index (χ0n) is 9.53. The molecule has 0 aliphatic rings. The number of aryl methyl sites for hydroxylation is 1. The van der Waals surface area contributed by atoms with Gasteiger partial charge in [0.05, 0.1) is 5.69 Å². The van der Waals surface area contributed by atoms with Crippen molar-refractivity contribution < 1.29 is 5.11 Å². The van der Waals surface area contributed by atoms with E-state index in [0.717, 1.165) is 5.69 Å². The highest BCUT2D eigenvalue weighted by atomic mass is 32.1. The molecule has 4 N–H and O–H groups in total. The third-order valence-corrected chi connectivity index (χ3v) is 2.75. The van der Waals surface area contributed by atoms with Crippen molar-refractivity contribution in [3.05, 3.63) is 46.5 Å². The monoisotopic (exact) mass is 249 g/mol. The molecule has 2 rings (SSSR count). The second kappa shape index (κ2) is 5.16. The smallest absolute Gasteiger partial charge is 0.174 e. The summed E-state index contributed by atoms with van der Waals surface area (Å²) in [5.74, 6) is 0. The second-order valence-electron chi connectivity index (χ2n) is 3.96. The number of nitrogens with one attached hydrogen (secondary N) is 3. The molecular formula is C12H15N3OS. The Bertz CT molecular complexity index is 529.